The fourth-order valence-corrected chi connectivity index (χ4v) is 3.10. The summed E-state index contributed by atoms with van der Waals surface area (Å²) in [6.45, 7) is 1.26. The normalized spacial score (nSPS) is 11.1. The zero-order valence-corrected chi connectivity index (χ0v) is 17.5. The predicted molar refractivity (Wildman–Crippen MR) is 125 cm³/mol. The highest BCUT2D eigenvalue weighted by Crippen LogP contribution is 2.15. The first-order valence-electron chi connectivity index (χ1n) is 10.2. The van der Waals surface area contributed by atoms with Gasteiger partial charge in [0, 0.05) is 29.9 Å². The third-order valence-electron chi connectivity index (χ3n) is 4.80. The average Bonchev–Trinajstić information content (AvgIpc) is 2.81. The third kappa shape index (κ3) is 7.19. The Morgan fingerprint density at radius 2 is 1.48 bits per heavy atom. The summed E-state index contributed by atoms with van der Waals surface area (Å²) in [6.07, 6.45) is 0.697. The van der Waals surface area contributed by atoms with Gasteiger partial charge in [0.05, 0.1) is 6.54 Å². The van der Waals surface area contributed by atoms with E-state index in [2.05, 4.69) is 27.9 Å². The lowest BCUT2D eigenvalue weighted by atomic mass is 10.1. The summed E-state index contributed by atoms with van der Waals surface area (Å²) in [7, 11) is 1.55. The van der Waals surface area contributed by atoms with Gasteiger partial charge < -0.3 is 20.6 Å². The van der Waals surface area contributed by atoms with Gasteiger partial charge in [-0.05, 0) is 41.8 Å². The molecule has 0 saturated carbocycles. The Bertz CT molecular complexity index is 985. The summed E-state index contributed by atoms with van der Waals surface area (Å²) < 4.78 is 0. The third-order valence-corrected chi connectivity index (χ3v) is 4.80. The smallest absolute Gasteiger partial charge is 0.303 e. The largest absolute Gasteiger partial charge is 0.481 e. The van der Waals surface area contributed by atoms with Crippen molar-refractivity contribution in [2.24, 2.45) is 5.16 Å². The Hall–Kier alpha value is -3.80. The lowest BCUT2D eigenvalue weighted by Crippen LogP contribution is -2.15. The number of carboxylic acids is 1. The van der Waals surface area contributed by atoms with Crippen LogP contribution in [0, 0.1) is 0 Å². The molecule has 0 atom stereocenters. The first-order valence-corrected chi connectivity index (χ1v) is 10.2. The monoisotopic (exact) mass is 417 g/mol. The lowest BCUT2D eigenvalue weighted by Gasteiger charge is -2.11. The van der Waals surface area contributed by atoms with Crippen LogP contribution in [0.5, 0.6) is 0 Å². The number of carboxylic acid groups (broad SMARTS) is 1. The van der Waals surface area contributed by atoms with Crippen LogP contribution in [0.3, 0.4) is 0 Å². The fraction of sp³-hybridized carbons (Fsp3) is 0.200. The van der Waals surface area contributed by atoms with Crippen LogP contribution in [-0.2, 0) is 22.6 Å². The SMILES string of the molecule is CON=C(CNc1ccc(CNc2ccc(CCC(=O)O)cc2)cc1)c1ccccc1. The van der Waals surface area contributed by atoms with E-state index >= 15 is 0 Å². The average molecular weight is 418 g/mol. The minimum Gasteiger partial charge on any atom is -0.481 e. The van der Waals surface area contributed by atoms with E-state index in [0.717, 1.165) is 33.8 Å². The van der Waals surface area contributed by atoms with Gasteiger partial charge >= 0.3 is 5.97 Å². The van der Waals surface area contributed by atoms with Crippen LogP contribution in [-0.4, -0.2) is 30.4 Å². The molecule has 0 unspecified atom stereocenters. The van der Waals surface area contributed by atoms with Gasteiger partial charge in [0.25, 0.3) is 0 Å². The molecule has 3 aromatic rings. The Morgan fingerprint density at radius 3 is 2.10 bits per heavy atom. The molecule has 6 heteroatoms. The molecule has 0 fully saturated rings. The molecule has 3 N–H and O–H groups in total. The summed E-state index contributed by atoms with van der Waals surface area (Å²) in [4.78, 5) is 15.6. The van der Waals surface area contributed by atoms with Crippen LogP contribution in [0.15, 0.2) is 84.0 Å². The highest BCUT2D eigenvalue weighted by Gasteiger charge is 2.05. The van der Waals surface area contributed by atoms with Gasteiger partial charge in [0.2, 0.25) is 0 Å². The number of benzene rings is 3. The minimum absolute atomic E-state index is 0.150. The molecule has 0 radical (unpaired) electrons. The van der Waals surface area contributed by atoms with E-state index in [-0.39, 0.29) is 6.42 Å². The molecule has 0 spiro atoms. The number of aryl methyl sites for hydroxylation is 1. The number of rotatable bonds is 11. The number of oxime groups is 1. The van der Waals surface area contributed by atoms with Crippen molar-refractivity contribution in [2.75, 3.05) is 24.3 Å². The topological polar surface area (TPSA) is 83.0 Å². The van der Waals surface area contributed by atoms with E-state index in [4.69, 9.17) is 9.94 Å². The number of hydrogen-bond donors (Lipinski definition) is 3. The van der Waals surface area contributed by atoms with Crippen LogP contribution in [0.1, 0.15) is 23.1 Å². The summed E-state index contributed by atoms with van der Waals surface area (Å²) in [6, 6.07) is 26.1. The first-order chi connectivity index (χ1) is 15.1. The van der Waals surface area contributed by atoms with E-state index in [1.54, 1.807) is 7.11 Å². The molecular weight excluding hydrogens is 390 g/mol. The molecule has 0 aliphatic carbocycles. The van der Waals surface area contributed by atoms with Gasteiger partial charge in [-0.2, -0.15) is 0 Å². The van der Waals surface area contributed by atoms with Crippen molar-refractivity contribution < 1.29 is 14.7 Å². The fourth-order valence-electron chi connectivity index (χ4n) is 3.10. The predicted octanol–water partition coefficient (Wildman–Crippen LogP) is 4.78. The number of anilines is 2. The molecule has 0 aliphatic rings. The Labute approximate surface area is 182 Å². The summed E-state index contributed by atoms with van der Waals surface area (Å²) >= 11 is 0. The molecule has 0 bridgehead atoms. The molecule has 0 aliphatic heterocycles. The highest BCUT2D eigenvalue weighted by molar-refractivity contribution is 6.02. The number of nitrogens with zero attached hydrogens (tertiary/aromatic N) is 1. The maximum atomic E-state index is 10.7. The minimum atomic E-state index is -0.776. The molecule has 3 aromatic carbocycles. The zero-order chi connectivity index (χ0) is 21.9. The standard InChI is InChI=1S/C25H27N3O3/c1-31-28-24(21-5-3-2-4-6-21)18-27-23-14-9-20(10-15-23)17-26-22-12-7-19(8-13-22)11-16-25(29)30/h2-10,12-15,26-27H,11,16-18H2,1H3,(H,29,30). The first kappa shape index (κ1) is 21.9. The van der Waals surface area contributed by atoms with Crippen LogP contribution >= 0.6 is 0 Å². The van der Waals surface area contributed by atoms with E-state index in [0.29, 0.717) is 19.5 Å². The second-order valence-corrected chi connectivity index (χ2v) is 7.08. The van der Waals surface area contributed by atoms with Crippen LogP contribution in [0.4, 0.5) is 11.4 Å². The molecule has 160 valence electrons. The molecule has 0 heterocycles. The second-order valence-electron chi connectivity index (χ2n) is 7.08. The Balaban J connectivity index is 1.50. The van der Waals surface area contributed by atoms with Crippen LogP contribution in [0.2, 0.25) is 0 Å². The van der Waals surface area contributed by atoms with E-state index < -0.39 is 5.97 Å². The Kier molecular flexibility index (Phi) is 8.05. The van der Waals surface area contributed by atoms with Gasteiger partial charge in [-0.1, -0.05) is 59.8 Å². The van der Waals surface area contributed by atoms with Crippen molar-refractivity contribution in [3.63, 3.8) is 0 Å². The van der Waals surface area contributed by atoms with E-state index in [9.17, 15) is 4.79 Å². The molecule has 31 heavy (non-hydrogen) atoms. The summed E-state index contributed by atoms with van der Waals surface area (Å²) in [5, 5.41) is 19.7. The van der Waals surface area contributed by atoms with Crippen LogP contribution < -0.4 is 10.6 Å². The maximum absolute atomic E-state index is 10.7. The highest BCUT2D eigenvalue weighted by atomic mass is 16.6. The summed E-state index contributed by atoms with van der Waals surface area (Å²) in [5.74, 6) is -0.776. The molecule has 6 nitrogen and oxygen atoms in total. The van der Waals surface area contributed by atoms with Gasteiger partial charge in [-0.25, -0.2) is 0 Å². The van der Waals surface area contributed by atoms with Crippen molar-refractivity contribution >= 4 is 23.1 Å². The number of carbonyl (C=O) groups is 1. The van der Waals surface area contributed by atoms with E-state index in [1.807, 2.05) is 66.7 Å². The Morgan fingerprint density at radius 1 is 0.871 bits per heavy atom. The van der Waals surface area contributed by atoms with Crippen molar-refractivity contribution in [1.29, 1.82) is 0 Å². The number of aliphatic carboxylic acids is 1. The van der Waals surface area contributed by atoms with Crippen molar-refractivity contribution in [3.05, 3.63) is 95.6 Å². The molecule has 0 aromatic heterocycles. The van der Waals surface area contributed by atoms with Gasteiger partial charge in [-0.15, -0.1) is 0 Å². The molecule has 0 saturated heterocycles. The molecule has 3 rings (SSSR count). The van der Waals surface area contributed by atoms with Crippen molar-refractivity contribution in [2.45, 2.75) is 19.4 Å². The zero-order valence-electron chi connectivity index (χ0n) is 17.5. The molecular formula is C25H27N3O3. The van der Waals surface area contributed by atoms with Crippen molar-refractivity contribution in [1.82, 2.24) is 0 Å². The maximum Gasteiger partial charge on any atom is 0.303 e. The van der Waals surface area contributed by atoms with Gasteiger partial charge in [0.1, 0.15) is 12.8 Å². The van der Waals surface area contributed by atoms with Crippen LogP contribution in [0.25, 0.3) is 0 Å². The number of nitrogens with one attached hydrogen (secondary N) is 2. The lowest BCUT2D eigenvalue weighted by molar-refractivity contribution is -0.136. The number of hydrogen-bond acceptors (Lipinski definition) is 5. The van der Waals surface area contributed by atoms with Crippen molar-refractivity contribution in [3.8, 4) is 0 Å². The summed E-state index contributed by atoms with van der Waals surface area (Å²) in [5.41, 5.74) is 6.05. The van der Waals surface area contributed by atoms with Gasteiger partial charge in [0.15, 0.2) is 0 Å². The quantitative estimate of drug-likeness (QED) is 0.309. The van der Waals surface area contributed by atoms with Gasteiger partial charge in [-0.3, -0.25) is 4.79 Å². The molecule has 0 amide bonds. The second kappa shape index (κ2) is 11.4. The van der Waals surface area contributed by atoms with E-state index in [1.165, 1.54) is 0 Å².